The molecule has 0 aliphatic carbocycles. The van der Waals surface area contributed by atoms with E-state index in [2.05, 4.69) is 5.10 Å². The first-order valence-corrected chi connectivity index (χ1v) is 6.00. The Morgan fingerprint density at radius 2 is 2.12 bits per heavy atom. The fourth-order valence-corrected chi connectivity index (χ4v) is 1.92. The van der Waals surface area contributed by atoms with Gasteiger partial charge >= 0.3 is 0 Å². The van der Waals surface area contributed by atoms with E-state index in [-0.39, 0.29) is 5.82 Å². The molecule has 16 heavy (non-hydrogen) atoms. The molecule has 0 aliphatic heterocycles. The largest absolute Gasteiger partial charge is 0.384 e. The minimum atomic E-state index is -0.253. The van der Waals surface area contributed by atoms with E-state index in [1.54, 1.807) is 16.8 Å². The van der Waals surface area contributed by atoms with E-state index < -0.39 is 0 Å². The molecule has 0 aliphatic rings. The fraction of sp³-hybridized carbons (Fsp3) is 0.182. The van der Waals surface area contributed by atoms with Crippen molar-refractivity contribution in [3.63, 3.8) is 0 Å². The molecule has 1 heterocycles. The molecule has 0 atom stereocenters. The van der Waals surface area contributed by atoms with Gasteiger partial charge in [0.25, 0.3) is 0 Å². The molecule has 0 saturated carbocycles. The average Bonchev–Trinajstić information content (AvgIpc) is 2.60. The van der Waals surface area contributed by atoms with E-state index in [0.29, 0.717) is 5.82 Å². The Balaban J connectivity index is 2.53. The van der Waals surface area contributed by atoms with Gasteiger partial charge in [0.15, 0.2) is 0 Å². The molecule has 2 rings (SSSR count). The van der Waals surface area contributed by atoms with Crippen molar-refractivity contribution in [1.29, 1.82) is 0 Å². The van der Waals surface area contributed by atoms with Gasteiger partial charge in [0, 0.05) is 6.07 Å². The first-order chi connectivity index (χ1) is 7.61. The lowest BCUT2D eigenvalue weighted by Gasteiger charge is -2.07. The molecule has 0 bridgehead atoms. The quantitative estimate of drug-likeness (QED) is 0.816. The number of rotatable bonds is 2. The number of nitrogen functional groups attached to an aromatic ring is 1. The van der Waals surface area contributed by atoms with Crippen LogP contribution >= 0.6 is 11.8 Å². The van der Waals surface area contributed by atoms with Crippen LogP contribution in [0.1, 0.15) is 5.56 Å². The molecule has 0 radical (unpaired) electrons. The number of nitrogens with zero attached hydrogens (tertiary/aromatic N) is 2. The standard InChI is InChI=1S/C11H12FN3S/c1-7-5-8(12)3-4-9(7)15-10(13)6-11(14-15)16-2/h3-6H,13H2,1-2H3. The highest BCUT2D eigenvalue weighted by molar-refractivity contribution is 7.98. The Hall–Kier alpha value is -1.49. The van der Waals surface area contributed by atoms with Crippen LogP contribution in [0.15, 0.2) is 29.3 Å². The maximum Gasteiger partial charge on any atom is 0.128 e. The van der Waals surface area contributed by atoms with Gasteiger partial charge in [-0.2, -0.15) is 5.10 Å². The summed E-state index contributed by atoms with van der Waals surface area (Å²) < 4.78 is 14.6. The highest BCUT2D eigenvalue weighted by Gasteiger charge is 2.08. The zero-order valence-corrected chi connectivity index (χ0v) is 9.88. The Morgan fingerprint density at radius 3 is 2.69 bits per heavy atom. The van der Waals surface area contributed by atoms with Gasteiger partial charge in [-0.1, -0.05) is 0 Å². The van der Waals surface area contributed by atoms with Crippen LogP contribution in [0.25, 0.3) is 5.69 Å². The monoisotopic (exact) mass is 237 g/mol. The van der Waals surface area contributed by atoms with Crippen LogP contribution in [-0.4, -0.2) is 16.0 Å². The zero-order chi connectivity index (χ0) is 11.7. The number of hydrogen-bond acceptors (Lipinski definition) is 3. The number of benzene rings is 1. The number of anilines is 1. The van der Waals surface area contributed by atoms with E-state index in [4.69, 9.17) is 5.73 Å². The summed E-state index contributed by atoms with van der Waals surface area (Å²) in [5.74, 6) is 0.302. The van der Waals surface area contributed by atoms with E-state index in [9.17, 15) is 4.39 Å². The minimum Gasteiger partial charge on any atom is -0.384 e. The second kappa shape index (κ2) is 4.17. The Kier molecular flexibility index (Phi) is 2.87. The Bertz CT molecular complexity index is 522. The lowest BCUT2D eigenvalue weighted by molar-refractivity contribution is 0.625. The normalized spacial score (nSPS) is 10.7. The number of hydrogen-bond donors (Lipinski definition) is 1. The summed E-state index contributed by atoms with van der Waals surface area (Å²) in [4.78, 5) is 0. The highest BCUT2D eigenvalue weighted by atomic mass is 32.2. The van der Waals surface area contributed by atoms with Crippen molar-refractivity contribution in [3.05, 3.63) is 35.6 Å². The first-order valence-electron chi connectivity index (χ1n) is 4.78. The fourth-order valence-electron chi connectivity index (χ4n) is 1.52. The van der Waals surface area contributed by atoms with E-state index in [1.165, 1.54) is 23.9 Å². The molecule has 5 heteroatoms. The summed E-state index contributed by atoms with van der Waals surface area (Å²) in [7, 11) is 0. The third kappa shape index (κ3) is 1.90. The topological polar surface area (TPSA) is 43.8 Å². The molecule has 0 fully saturated rings. The van der Waals surface area contributed by atoms with Crippen LogP contribution < -0.4 is 5.73 Å². The van der Waals surface area contributed by atoms with Gasteiger partial charge in [-0.25, -0.2) is 9.07 Å². The molecule has 0 amide bonds. The predicted octanol–water partition coefficient (Wildman–Crippen LogP) is 2.62. The van der Waals surface area contributed by atoms with Gasteiger partial charge in [0.1, 0.15) is 16.7 Å². The van der Waals surface area contributed by atoms with Gasteiger partial charge in [-0.15, -0.1) is 11.8 Å². The highest BCUT2D eigenvalue weighted by Crippen LogP contribution is 2.22. The smallest absolute Gasteiger partial charge is 0.128 e. The third-order valence-electron chi connectivity index (χ3n) is 2.31. The summed E-state index contributed by atoms with van der Waals surface area (Å²) in [6.07, 6.45) is 1.93. The summed E-state index contributed by atoms with van der Waals surface area (Å²) in [5, 5.41) is 5.17. The zero-order valence-electron chi connectivity index (χ0n) is 9.07. The van der Waals surface area contributed by atoms with Crippen molar-refractivity contribution in [2.45, 2.75) is 11.9 Å². The van der Waals surface area contributed by atoms with Crippen LogP contribution in [0.2, 0.25) is 0 Å². The lowest BCUT2D eigenvalue weighted by Crippen LogP contribution is -2.03. The predicted molar refractivity (Wildman–Crippen MR) is 64.5 cm³/mol. The van der Waals surface area contributed by atoms with E-state index in [1.807, 2.05) is 13.2 Å². The van der Waals surface area contributed by atoms with Crippen molar-refractivity contribution < 1.29 is 4.39 Å². The number of halogens is 1. The third-order valence-corrected chi connectivity index (χ3v) is 2.93. The van der Waals surface area contributed by atoms with E-state index in [0.717, 1.165) is 16.3 Å². The number of thioether (sulfide) groups is 1. The number of aryl methyl sites for hydroxylation is 1. The molecule has 0 spiro atoms. The summed E-state index contributed by atoms with van der Waals surface area (Å²) >= 11 is 1.52. The Labute approximate surface area is 97.5 Å². The molecular formula is C11H12FN3S. The molecule has 1 aromatic carbocycles. The second-order valence-corrected chi connectivity index (χ2v) is 4.28. The molecule has 0 saturated heterocycles. The molecule has 2 aromatic rings. The first kappa shape index (κ1) is 11.0. The van der Waals surface area contributed by atoms with Gasteiger partial charge in [0.2, 0.25) is 0 Å². The maximum absolute atomic E-state index is 13.0. The van der Waals surface area contributed by atoms with Gasteiger partial charge in [-0.05, 0) is 36.9 Å². The molecule has 1 aromatic heterocycles. The van der Waals surface area contributed by atoms with Crippen LogP contribution in [0.3, 0.4) is 0 Å². The Morgan fingerprint density at radius 1 is 1.38 bits per heavy atom. The molecule has 2 N–H and O–H groups in total. The SMILES string of the molecule is CSc1cc(N)n(-c2ccc(F)cc2C)n1. The molecular weight excluding hydrogens is 225 g/mol. The summed E-state index contributed by atoms with van der Waals surface area (Å²) in [5.41, 5.74) is 7.46. The molecule has 3 nitrogen and oxygen atoms in total. The number of nitrogens with two attached hydrogens (primary N) is 1. The maximum atomic E-state index is 13.0. The van der Waals surface area contributed by atoms with Gasteiger partial charge in [0.05, 0.1) is 5.69 Å². The van der Waals surface area contributed by atoms with Crippen molar-refractivity contribution in [3.8, 4) is 5.69 Å². The van der Waals surface area contributed by atoms with Gasteiger partial charge < -0.3 is 5.73 Å². The van der Waals surface area contributed by atoms with Crippen molar-refractivity contribution in [2.24, 2.45) is 0 Å². The van der Waals surface area contributed by atoms with Gasteiger partial charge in [-0.3, -0.25) is 0 Å². The van der Waals surface area contributed by atoms with Crippen molar-refractivity contribution in [1.82, 2.24) is 9.78 Å². The van der Waals surface area contributed by atoms with E-state index >= 15 is 0 Å². The van der Waals surface area contributed by atoms with Crippen LogP contribution in [0.5, 0.6) is 0 Å². The molecule has 84 valence electrons. The van der Waals surface area contributed by atoms with Crippen LogP contribution in [0, 0.1) is 12.7 Å². The van der Waals surface area contributed by atoms with Crippen molar-refractivity contribution in [2.75, 3.05) is 12.0 Å². The lowest BCUT2D eigenvalue weighted by atomic mass is 10.2. The minimum absolute atomic E-state index is 0.253. The summed E-state index contributed by atoms with van der Waals surface area (Å²) in [6, 6.07) is 6.35. The summed E-state index contributed by atoms with van der Waals surface area (Å²) in [6.45, 7) is 1.83. The van der Waals surface area contributed by atoms with Crippen molar-refractivity contribution >= 4 is 17.6 Å². The van der Waals surface area contributed by atoms with Crippen LogP contribution in [0.4, 0.5) is 10.2 Å². The number of aromatic nitrogens is 2. The average molecular weight is 237 g/mol. The second-order valence-electron chi connectivity index (χ2n) is 3.45. The van der Waals surface area contributed by atoms with Crippen LogP contribution in [-0.2, 0) is 0 Å². The molecule has 0 unspecified atom stereocenters.